The summed E-state index contributed by atoms with van der Waals surface area (Å²) in [5.74, 6) is 0. The van der Waals surface area contributed by atoms with Gasteiger partial charge in [-0.05, 0) is 7.43 Å². The van der Waals surface area contributed by atoms with Gasteiger partial charge in [-0.15, -0.1) is 0 Å². The van der Waals surface area contributed by atoms with Crippen molar-refractivity contribution in [3.8, 4) is 0 Å². The Morgan fingerprint density at radius 3 is 0.625 bits per heavy atom. The Bertz CT molecular complexity index is 19.7. The molecule has 0 aromatic heterocycles. The van der Waals surface area contributed by atoms with Crippen LogP contribution in [-0.2, 0) is 0 Å². The van der Waals surface area contributed by atoms with Crippen molar-refractivity contribution in [2.45, 2.75) is 44.9 Å². The Balaban J connectivity index is 0.000000490. The molecule has 0 aromatic carbocycles. The molecule has 0 amide bonds. The SMILES string of the molecule is C1CCCCCC1.[CH]. The number of rotatable bonds is 0. The summed E-state index contributed by atoms with van der Waals surface area (Å²) < 4.78 is 0. The lowest BCUT2D eigenvalue weighted by molar-refractivity contribution is 0.702. The van der Waals surface area contributed by atoms with Crippen LogP contribution in [0.25, 0.3) is 0 Å². The number of hydrogen-bond acceptors (Lipinski definition) is 0. The monoisotopic (exact) mass is 111 g/mol. The van der Waals surface area contributed by atoms with Crippen molar-refractivity contribution >= 4 is 0 Å². The van der Waals surface area contributed by atoms with Crippen molar-refractivity contribution in [2.24, 2.45) is 0 Å². The summed E-state index contributed by atoms with van der Waals surface area (Å²) in [7, 11) is 0. The Morgan fingerprint density at radius 1 is 0.375 bits per heavy atom. The van der Waals surface area contributed by atoms with E-state index in [4.69, 9.17) is 0 Å². The van der Waals surface area contributed by atoms with Gasteiger partial charge in [0.1, 0.15) is 0 Å². The zero-order valence-corrected chi connectivity index (χ0v) is 5.53. The summed E-state index contributed by atoms with van der Waals surface area (Å²) >= 11 is 0. The third kappa shape index (κ3) is 3.06. The molecule has 47 valence electrons. The highest BCUT2D eigenvalue weighted by atomic mass is 14.0. The molecular weight excluding hydrogens is 96.1 g/mol. The van der Waals surface area contributed by atoms with Crippen LogP contribution in [0.4, 0.5) is 0 Å². The summed E-state index contributed by atoms with van der Waals surface area (Å²) in [6.45, 7) is 0. The molecule has 8 heavy (non-hydrogen) atoms. The molecule has 1 aliphatic carbocycles. The molecule has 0 aliphatic heterocycles. The highest BCUT2D eigenvalue weighted by Gasteiger charge is 1.95. The molecule has 0 heterocycles. The van der Waals surface area contributed by atoms with Crippen molar-refractivity contribution in [2.75, 3.05) is 0 Å². The molecule has 0 nitrogen and oxygen atoms in total. The van der Waals surface area contributed by atoms with Crippen LogP contribution in [0.5, 0.6) is 0 Å². The molecule has 1 saturated carbocycles. The van der Waals surface area contributed by atoms with E-state index in [9.17, 15) is 0 Å². The van der Waals surface area contributed by atoms with E-state index in [1.165, 1.54) is 44.9 Å². The largest absolute Gasteiger partial charge is 0.0533 e. The highest BCUT2D eigenvalue weighted by molar-refractivity contribution is 4.51. The zero-order valence-electron chi connectivity index (χ0n) is 5.53. The quantitative estimate of drug-likeness (QED) is 0.421. The average molecular weight is 111 g/mol. The molecule has 1 rings (SSSR count). The molecule has 0 spiro atoms. The molecule has 3 radical (unpaired) electrons. The molecule has 1 aliphatic rings. The summed E-state index contributed by atoms with van der Waals surface area (Å²) in [6.07, 6.45) is 10.5. The lowest BCUT2D eigenvalue weighted by Crippen LogP contribution is -1.66. The predicted octanol–water partition coefficient (Wildman–Crippen LogP) is 2.93. The smallest absolute Gasteiger partial charge is 0.0312 e. The third-order valence-corrected chi connectivity index (χ3v) is 1.75. The molecule has 0 atom stereocenters. The Labute approximate surface area is 53.3 Å². The van der Waals surface area contributed by atoms with Gasteiger partial charge >= 0.3 is 0 Å². The summed E-state index contributed by atoms with van der Waals surface area (Å²) in [5, 5.41) is 0. The molecule has 0 heteroatoms. The Hall–Kier alpha value is 0. The van der Waals surface area contributed by atoms with Crippen molar-refractivity contribution < 1.29 is 0 Å². The van der Waals surface area contributed by atoms with Crippen LogP contribution >= 0.6 is 0 Å². The topological polar surface area (TPSA) is 0 Å². The second kappa shape index (κ2) is 5.14. The van der Waals surface area contributed by atoms with Crippen LogP contribution in [-0.4, -0.2) is 0 Å². The molecule has 0 aromatic rings. The maximum atomic E-state index is 1.50. The fourth-order valence-electron chi connectivity index (χ4n) is 1.24. The van der Waals surface area contributed by atoms with Crippen LogP contribution < -0.4 is 0 Å². The van der Waals surface area contributed by atoms with E-state index in [2.05, 4.69) is 0 Å². The standard InChI is InChI=1S/C7H14.CH/c1-2-4-6-7-5-3-1;/h1-7H2;1H. The molecular formula is C8H15. The minimum absolute atomic E-state index is 0. The van der Waals surface area contributed by atoms with E-state index in [-0.39, 0.29) is 7.43 Å². The van der Waals surface area contributed by atoms with E-state index >= 15 is 0 Å². The van der Waals surface area contributed by atoms with Gasteiger partial charge in [-0.2, -0.15) is 0 Å². The minimum Gasteiger partial charge on any atom is -0.0533 e. The van der Waals surface area contributed by atoms with E-state index in [0.717, 1.165) is 0 Å². The van der Waals surface area contributed by atoms with Gasteiger partial charge in [0.25, 0.3) is 0 Å². The van der Waals surface area contributed by atoms with Crippen molar-refractivity contribution in [3.63, 3.8) is 0 Å². The van der Waals surface area contributed by atoms with E-state index < -0.39 is 0 Å². The first kappa shape index (κ1) is 8.00. The second-order valence-corrected chi connectivity index (χ2v) is 2.47. The van der Waals surface area contributed by atoms with Crippen LogP contribution in [0.1, 0.15) is 44.9 Å². The molecule has 0 N–H and O–H groups in total. The van der Waals surface area contributed by atoms with Crippen LogP contribution in [0.3, 0.4) is 0 Å². The van der Waals surface area contributed by atoms with Crippen LogP contribution in [0, 0.1) is 7.43 Å². The van der Waals surface area contributed by atoms with E-state index in [1.807, 2.05) is 0 Å². The van der Waals surface area contributed by atoms with Gasteiger partial charge in [-0.25, -0.2) is 0 Å². The zero-order chi connectivity index (χ0) is 4.95. The maximum Gasteiger partial charge on any atom is -0.0312 e. The summed E-state index contributed by atoms with van der Waals surface area (Å²) in [5.41, 5.74) is 0. The molecule has 0 bridgehead atoms. The highest BCUT2D eigenvalue weighted by Crippen LogP contribution is 2.15. The normalized spacial score (nSPS) is 21.0. The van der Waals surface area contributed by atoms with Crippen LogP contribution in [0.2, 0.25) is 0 Å². The Morgan fingerprint density at radius 2 is 0.500 bits per heavy atom. The third-order valence-electron chi connectivity index (χ3n) is 1.75. The molecule has 1 fully saturated rings. The van der Waals surface area contributed by atoms with Gasteiger partial charge in [0, 0.05) is 0 Å². The molecule has 0 saturated heterocycles. The van der Waals surface area contributed by atoms with E-state index in [1.54, 1.807) is 0 Å². The first-order valence-corrected chi connectivity index (χ1v) is 3.50. The lowest BCUT2D eigenvalue weighted by Gasteiger charge is -1.85. The van der Waals surface area contributed by atoms with Gasteiger partial charge in [0.2, 0.25) is 0 Å². The summed E-state index contributed by atoms with van der Waals surface area (Å²) in [4.78, 5) is 0. The lowest BCUT2D eigenvalue weighted by atomic mass is 10.2. The number of hydrogen-bond donors (Lipinski definition) is 0. The first-order chi connectivity index (χ1) is 3.50. The first-order valence-electron chi connectivity index (χ1n) is 3.50. The van der Waals surface area contributed by atoms with Crippen LogP contribution in [0.15, 0.2) is 0 Å². The van der Waals surface area contributed by atoms with E-state index in [0.29, 0.717) is 0 Å². The van der Waals surface area contributed by atoms with Crippen molar-refractivity contribution in [1.29, 1.82) is 0 Å². The van der Waals surface area contributed by atoms with Gasteiger partial charge in [-0.1, -0.05) is 44.9 Å². The van der Waals surface area contributed by atoms with Gasteiger partial charge < -0.3 is 0 Å². The predicted molar refractivity (Wildman–Crippen MR) is 36.6 cm³/mol. The molecule has 0 unspecified atom stereocenters. The second-order valence-electron chi connectivity index (χ2n) is 2.47. The van der Waals surface area contributed by atoms with Crippen molar-refractivity contribution in [1.82, 2.24) is 0 Å². The fourth-order valence-corrected chi connectivity index (χ4v) is 1.24. The minimum atomic E-state index is 0. The average Bonchev–Trinajstić information content (AvgIpc) is 1.90. The van der Waals surface area contributed by atoms with Crippen molar-refractivity contribution in [3.05, 3.63) is 7.43 Å². The fraction of sp³-hybridized carbons (Fsp3) is 0.875. The van der Waals surface area contributed by atoms with Gasteiger partial charge in [-0.3, -0.25) is 0 Å². The van der Waals surface area contributed by atoms with Gasteiger partial charge in [0.05, 0.1) is 0 Å². The van der Waals surface area contributed by atoms with Gasteiger partial charge in [0.15, 0.2) is 0 Å². The summed E-state index contributed by atoms with van der Waals surface area (Å²) in [6, 6.07) is 0. The Kier molecular flexibility index (Phi) is 5.14. The maximum absolute atomic E-state index is 1.50.